The van der Waals surface area contributed by atoms with Gasteiger partial charge in [0.05, 0.1) is 0 Å². The molecule has 0 aliphatic carbocycles. The van der Waals surface area contributed by atoms with Gasteiger partial charge < -0.3 is 15.0 Å². The van der Waals surface area contributed by atoms with E-state index in [1.807, 2.05) is 29.2 Å². The Bertz CT molecular complexity index is 567. The molecule has 2 aliphatic rings. The highest BCUT2D eigenvalue weighted by Gasteiger charge is 2.21. The van der Waals surface area contributed by atoms with E-state index in [0.29, 0.717) is 38.5 Å². The van der Waals surface area contributed by atoms with Crippen LogP contribution in [0.1, 0.15) is 36.8 Å². The number of rotatable bonds is 6. The molecular formula is C18H24N2O3. The number of benzene rings is 1. The molecule has 1 N–H and O–H groups in total. The Labute approximate surface area is 137 Å². The standard InChI is InChI=1S/C18H24N2O3/c21-17(10-14-7-9-23-13-14)19-11-15-4-1-2-5-16(15)12-20-8-3-6-18(20)22/h1-2,4-5,14H,3,6-13H2,(H,19,21)/t14-/m0/s1. The topological polar surface area (TPSA) is 58.6 Å². The fraction of sp³-hybridized carbons (Fsp3) is 0.556. The van der Waals surface area contributed by atoms with E-state index in [4.69, 9.17) is 4.74 Å². The van der Waals surface area contributed by atoms with E-state index < -0.39 is 0 Å². The monoisotopic (exact) mass is 316 g/mol. The van der Waals surface area contributed by atoms with Crippen molar-refractivity contribution >= 4 is 11.8 Å². The molecule has 0 spiro atoms. The second-order valence-corrected chi connectivity index (χ2v) is 6.40. The van der Waals surface area contributed by atoms with Crippen LogP contribution in [0.15, 0.2) is 24.3 Å². The van der Waals surface area contributed by atoms with Gasteiger partial charge in [-0.3, -0.25) is 9.59 Å². The summed E-state index contributed by atoms with van der Waals surface area (Å²) in [5.41, 5.74) is 2.20. The summed E-state index contributed by atoms with van der Waals surface area (Å²) >= 11 is 0. The van der Waals surface area contributed by atoms with E-state index >= 15 is 0 Å². The lowest BCUT2D eigenvalue weighted by Crippen LogP contribution is -2.27. The van der Waals surface area contributed by atoms with E-state index in [-0.39, 0.29) is 11.8 Å². The van der Waals surface area contributed by atoms with Gasteiger partial charge in [-0.1, -0.05) is 24.3 Å². The first-order valence-electron chi connectivity index (χ1n) is 8.41. The molecule has 2 aliphatic heterocycles. The minimum Gasteiger partial charge on any atom is -0.381 e. The Balaban J connectivity index is 1.54. The second-order valence-electron chi connectivity index (χ2n) is 6.40. The third-order valence-electron chi connectivity index (χ3n) is 4.63. The third kappa shape index (κ3) is 4.32. The van der Waals surface area contributed by atoms with Crippen LogP contribution in [-0.2, 0) is 27.4 Å². The van der Waals surface area contributed by atoms with Crippen LogP contribution in [0.25, 0.3) is 0 Å². The highest BCUT2D eigenvalue weighted by molar-refractivity contribution is 5.78. The first kappa shape index (κ1) is 16.0. The van der Waals surface area contributed by atoms with Gasteiger partial charge in [0, 0.05) is 45.7 Å². The molecule has 0 aromatic heterocycles. The van der Waals surface area contributed by atoms with Crippen molar-refractivity contribution in [3.63, 3.8) is 0 Å². The fourth-order valence-corrected chi connectivity index (χ4v) is 3.23. The summed E-state index contributed by atoms with van der Waals surface area (Å²) in [6.07, 6.45) is 3.11. The van der Waals surface area contributed by atoms with Gasteiger partial charge in [-0.15, -0.1) is 0 Å². The summed E-state index contributed by atoms with van der Waals surface area (Å²) in [5.74, 6) is 0.657. The van der Waals surface area contributed by atoms with Crippen LogP contribution in [0, 0.1) is 5.92 Å². The van der Waals surface area contributed by atoms with Crippen LogP contribution >= 0.6 is 0 Å². The molecule has 0 unspecified atom stereocenters. The van der Waals surface area contributed by atoms with E-state index in [0.717, 1.165) is 37.1 Å². The molecule has 1 aromatic carbocycles. The highest BCUT2D eigenvalue weighted by atomic mass is 16.5. The molecule has 2 fully saturated rings. The summed E-state index contributed by atoms with van der Waals surface area (Å²) in [5, 5.41) is 3.00. The lowest BCUT2D eigenvalue weighted by molar-refractivity contribution is -0.128. The van der Waals surface area contributed by atoms with E-state index in [1.165, 1.54) is 0 Å². The predicted octanol–water partition coefficient (Wildman–Crippen LogP) is 1.85. The van der Waals surface area contributed by atoms with Crippen molar-refractivity contribution in [3.05, 3.63) is 35.4 Å². The smallest absolute Gasteiger partial charge is 0.222 e. The number of nitrogens with one attached hydrogen (secondary N) is 1. The van der Waals surface area contributed by atoms with Crippen molar-refractivity contribution in [2.45, 2.75) is 38.8 Å². The maximum absolute atomic E-state index is 12.0. The third-order valence-corrected chi connectivity index (χ3v) is 4.63. The van der Waals surface area contributed by atoms with Crippen LogP contribution in [0.3, 0.4) is 0 Å². The van der Waals surface area contributed by atoms with Crippen molar-refractivity contribution in [1.82, 2.24) is 10.2 Å². The Morgan fingerprint density at radius 1 is 1.30 bits per heavy atom. The van der Waals surface area contributed by atoms with Crippen molar-refractivity contribution in [2.24, 2.45) is 5.92 Å². The Kier molecular flexibility index (Phi) is 5.28. The maximum Gasteiger partial charge on any atom is 0.222 e. The van der Waals surface area contributed by atoms with Crippen LogP contribution in [0.2, 0.25) is 0 Å². The number of amides is 2. The Morgan fingerprint density at radius 2 is 2.13 bits per heavy atom. The van der Waals surface area contributed by atoms with Crippen LogP contribution in [0.4, 0.5) is 0 Å². The number of nitrogens with zero attached hydrogens (tertiary/aromatic N) is 1. The molecule has 5 heteroatoms. The lowest BCUT2D eigenvalue weighted by Gasteiger charge is -2.18. The van der Waals surface area contributed by atoms with Gasteiger partial charge >= 0.3 is 0 Å². The summed E-state index contributed by atoms with van der Waals surface area (Å²) in [6, 6.07) is 8.02. The summed E-state index contributed by atoms with van der Waals surface area (Å²) in [6.45, 7) is 3.46. The van der Waals surface area contributed by atoms with Gasteiger partial charge in [0.1, 0.15) is 0 Å². The van der Waals surface area contributed by atoms with Gasteiger partial charge in [-0.2, -0.15) is 0 Å². The van der Waals surface area contributed by atoms with Gasteiger partial charge in [-0.25, -0.2) is 0 Å². The average molecular weight is 316 g/mol. The zero-order valence-corrected chi connectivity index (χ0v) is 13.4. The van der Waals surface area contributed by atoms with Crippen LogP contribution in [0.5, 0.6) is 0 Å². The van der Waals surface area contributed by atoms with Gasteiger partial charge in [-0.05, 0) is 29.9 Å². The second kappa shape index (κ2) is 7.59. The van der Waals surface area contributed by atoms with Crippen molar-refractivity contribution in [2.75, 3.05) is 19.8 Å². The van der Waals surface area contributed by atoms with Crippen molar-refractivity contribution in [3.8, 4) is 0 Å². The van der Waals surface area contributed by atoms with Gasteiger partial charge in [0.2, 0.25) is 11.8 Å². The van der Waals surface area contributed by atoms with E-state index in [1.54, 1.807) is 0 Å². The molecule has 0 radical (unpaired) electrons. The van der Waals surface area contributed by atoms with Crippen LogP contribution < -0.4 is 5.32 Å². The summed E-state index contributed by atoms with van der Waals surface area (Å²) in [4.78, 5) is 25.7. The molecule has 0 saturated carbocycles. The maximum atomic E-state index is 12.0. The number of ether oxygens (including phenoxy) is 1. The SMILES string of the molecule is O=C(C[C@@H]1CCOC1)NCc1ccccc1CN1CCCC1=O. The largest absolute Gasteiger partial charge is 0.381 e. The van der Waals surface area contributed by atoms with E-state index in [2.05, 4.69) is 5.32 Å². The predicted molar refractivity (Wildman–Crippen MR) is 86.5 cm³/mol. The zero-order chi connectivity index (χ0) is 16.1. The Hall–Kier alpha value is -1.88. The summed E-state index contributed by atoms with van der Waals surface area (Å²) < 4.78 is 5.31. The highest BCUT2D eigenvalue weighted by Crippen LogP contribution is 2.18. The molecule has 1 atom stereocenters. The first-order valence-corrected chi connectivity index (χ1v) is 8.41. The number of hydrogen-bond acceptors (Lipinski definition) is 3. The molecule has 3 rings (SSSR count). The minimum atomic E-state index is 0.0764. The van der Waals surface area contributed by atoms with Crippen LogP contribution in [-0.4, -0.2) is 36.5 Å². The fourth-order valence-electron chi connectivity index (χ4n) is 3.23. The van der Waals surface area contributed by atoms with Crippen molar-refractivity contribution < 1.29 is 14.3 Å². The van der Waals surface area contributed by atoms with E-state index in [9.17, 15) is 9.59 Å². The summed E-state index contributed by atoms with van der Waals surface area (Å²) in [7, 11) is 0. The quantitative estimate of drug-likeness (QED) is 0.871. The zero-order valence-electron chi connectivity index (χ0n) is 13.4. The molecule has 0 bridgehead atoms. The molecule has 23 heavy (non-hydrogen) atoms. The van der Waals surface area contributed by atoms with Gasteiger partial charge in [0.25, 0.3) is 0 Å². The number of likely N-dealkylation sites (tertiary alicyclic amines) is 1. The first-order chi connectivity index (χ1) is 11.2. The molecule has 2 saturated heterocycles. The molecule has 5 nitrogen and oxygen atoms in total. The molecule has 2 heterocycles. The lowest BCUT2D eigenvalue weighted by atomic mass is 10.0. The number of carbonyl (C=O) groups excluding carboxylic acids is 2. The molecule has 2 amide bonds. The Morgan fingerprint density at radius 3 is 2.83 bits per heavy atom. The number of carbonyl (C=O) groups is 2. The molecule has 1 aromatic rings. The normalized spacial score (nSPS) is 21.0. The molecular weight excluding hydrogens is 292 g/mol. The van der Waals surface area contributed by atoms with Crippen molar-refractivity contribution in [1.29, 1.82) is 0 Å². The average Bonchev–Trinajstić information content (AvgIpc) is 3.19. The minimum absolute atomic E-state index is 0.0764. The number of hydrogen-bond donors (Lipinski definition) is 1. The molecule has 124 valence electrons. The van der Waals surface area contributed by atoms with Gasteiger partial charge in [0.15, 0.2) is 0 Å².